The number of thioether (sulfide) groups is 1. The summed E-state index contributed by atoms with van der Waals surface area (Å²) in [6, 6.07) is 0. The monoisotopic (exact) mass is 448 g/mol. The Bertz CT molecular complexity index is 931. The Morgan fingerprint density at radius 1 is 1.17 bits per heavy atom. The van der Waals surface area contributed by atoms with Crippen molar-refractivity contribution in [1.82, 2.24) is 14.8 Å². The smallest absolute Gasteiger partial charge is 0.341 e. The Hall–Kier alpha value is -1.87. The van der Waals surface area contributed by atoms with E-state index in [1.54, 1.807) is 0 Å². The van der Waals surface area contributed by atoms with Crippen LogP contribution in [0, 0.1) is 0 Å². The minimum atomic E-state index is -0.372. The molecule has 2 aliphatic rings. The number of amides is 1. The lowest BCUT2D eigenvalue weighted by atomic mass is 9.89. The number of hydrogen-bond acceptors (Lipinski definition) is 7. The molecule has 2 aromatic heterocycles. The molecule has 162 valence electrons. The van der Waals surface area contributed by atoms with E-state index in [1.165, 1.54) is 54.3 Å². The third kappa shape index (κ3) is 4.42. The van der Waals surface area contributed by atoms with Gasteiger partial charge >= 0.3 is 5.97 Å². The molecule has 9 heteroatoms. The van der Waals surface area contributed by atoms with Crippen LogP contribution in [0.3, 0.4) is 0 Å². The normalized spacial score (nSPS) is 16.9. The number of hydrogen-bond donors (Lipinski definition) is 1. The van der Waals surface area contributed by atoms with Crippen LogP contribution in [0.1, 0.15) is 77.5 Å². The molecule has 0 aliphatic heterocycles. The van der Waals surface area contributed by atoms with Crippen LogP contribution in [-0.4, -0.2) is 39.5 Å². The van der Waals surface area contributed by atoms with Gasteiger partial charge in [-0.2, -0.15) is 0 Å². The maximum absolute atomic E-state index is 12.6. The largest absolute Gasteiger partial charge is 0.465 e. The van der Waals surface area contributed by atoms with Crippen molar-refractivity contribution >= 4 is 40.0 Å². The standard InChI is InChI=1S/C21H28N4O3S2/c1-25-18(13-8-4-3-5-9-13)23-24-21(25)29-12-16(26)22-19-17(20(27)28-2)14-10-6-7-11-15(14)30-19/h13H,3-12H2,1-2H3,(H,22,26). The predicted octanol–water partition coefficient (Wildman–Crippen LogP) is 4.32. The van der Waals surface area contributed by atoms with Gasteiger partial charge in [0, 0.05) is 17.8 Å². The highest BCUT2D eigenvalue weighted by atomic mass is 32.2. The molecule has 4 rings (SSSR count). The number of fused-ring (bicyclic) bond motifs is 1. The molecule has 7 nitrogen and oxygen atoms in total. The SMILES string of the molecule is COC(=O)c1c(NC(=O)CSc2nnc(C3CCCCC3)n2C)sc2c1CCCC2. The lowest BCUT2D eigenvalue weighted by Gasteiger charge is -2.20. The van der Waals surface area contributed by atoms with Crippen LogP contribution in [0.2, 0.25) is 0 Å². The second kappa shape index (κ2) is 9.51. The molecule has 2 aromatic rings. The third-order valence-corrected chi connectivity index (χ3v) is 8.21. The first-order valence-electron chi connectivity index (χ1n) is 10.6. The zero-order chi connectivity index (χ0) is 21.1. The van der Waals surface area contributed by atoms with Crippen molar-refractivity contribution in [3.63, 3.8) is 0 Å². The van der Waals surface area contributed by atoms with Crippen molar-refractivity contribution in [2.75, 3.05) is 18.2 Å². The van der Waals surface area contributed by atoms with Crippen molar-refractivity contribution in [3.05, 3.63) is 21.8 Å². The fourth-order valence-electron chi connectivity index (χ4n) is 4.43. The number of ether oxygens (including phenoxy) is 1. The minimum absolute atomic E-state index is 0.147. The number of anilines is 1. The topological polar surface area (TPSA) is 86.1 Å². The molecule has 1 N–H and O–H groups in total. The summed E-state index contributed by atoms with van der Waals surface area (Å²) in [5.41, 5.74) is 1.58. The van der Waals surface area contributed by atoms with Gasteiger partial charge in [0.15, 0.2) is 5.16 Å². The number of nitrogens with one attached hydrogen (secondary N) is 1. The van der Waals surface area contributed by atoms with E-state index in [0.717, 1.165) is 55.1 Å². The van der Waals surface area contributed by atoms with E-state index in [1.807, 2.05) is 11.6 Å². The summed E-state index contributed by atoms with van der Waals surface area (Å²) in [4.78, 5) is 26.2. The first kappa shape index (κ1) is 21.4. The number of thiophene rings is 1. The van der Waals surface area contributed by atoms with Gasteiger partial charge in [0.05, 0.1) is 18.4 Å². The van der Waals surface area contributed by atoms with Crippen LogP contribution in [0.15, 0.2) is 5.16 Å². The molecule has 0 unspecified atom stereocenters. The average molecular weight is 449 g/mol. The Kier molecular flexibility index (Phi) is 6.77. The summed E-state index contributed by atoms with van der Waals surface area (Å²) in [7, 11) is 3.36. The number of aromatic nitrogens is 3. The molecule has 2 aliphatic carbocycles. The molecule has 30 heavy (non-hydrogen) atoms. The van der Waals surface area contributed by atoms with E-state index < -0.39 is 0 Å². The summed E-state index contributed by atoms with van der Waals surface area (Å²) in [5, 5.41) is 13.0. The quantitative estimate of drug-likeness (QED) is 0.523. The first-order chi connectivity index (χ1) is 14.6. The minimum Gasteiger partial charge on any atom is -0.465 e. The molecule has 2 heterocycles. The lowest BCUT2D eigenvalue weighted by Crippen LogP contribution is -2.17. The second-order valence-corrected chi connectivity index (χ2v) is 10.0. The van der Waals surface area contributed by atoms with Gasteiger partial charge in [-0.1, -0.05) is 31.0 Å². The summed E-state index contributed by atoms with van der Waals surface area (Å²) in [6.45, 7) is 0. The van der Waals surface area contributed by atoms with Crippen molar-refractivity contribution in [3.8, 4) is 0 Å². The Morgan fingerprint density at radius 2 is 1.93 bits per heavy atom. The van der Waals surface area contributed by atoms with E-state index in [-0.39, 0.29) is 17.6 Å². The Morgan fingerprint density at radius 3 is 2.70 bits per heavy atom. The maximum atomic E-state index is 12.6. The van der Waals surface area contributed by atoms with Gasteiger partial charge in [0.2, 0.25) is 5.91 Å². The molecule has 1 amide bonds. The zero-order valence-electron chi connectivity index (χ0n) is 17.5. The number of nitrogens with zero attached hydrogens (tertiary/aromatic N) is 3. The third-order valence-electron chi connectivity index (χ3n) is 5.99. The molecule has 0 spiro atoms. The van der Waals surface area contributed by atoms with Crippen LogP contribution in [0.25, 0.3) is 0 Å². The molecular weight excluding hydrogens is 420 g/mol. The first-order valence-corrected chi connectivity index (χ1v) is 12.4. The molecule has 0 aromatic carbocycles. The number of methoxy groups -OCH3 is 1. The summed E-state index contributed by atoms with van der Waals surface area (Å²) in [5.74, 6) is 1.20. The van der Waals surface area contributed by atoms with Crippen molar-refractivity contribution < 1.29 is 14.3 Å². The molecule has 0 bridgehead atoms. The van der Waals surface area contributed by atoms with E-state index in [9.17, 15) is 9.59 Å². The van der Waals surface area contributed by atoms with Gasteiger partial charge in [0.1, 0.15) is 10.8 Å². The van der Waals surface area contributed by atoms with Gasteiger partial charge in [-0.3, -0.25) is 4.79 Å². The Balaban J connectivity index is 1.42. The van der Waals surface area contributed by atoms with E-state index in [0.29, 0.717) is 16.5 Å². The molecule has 0 saturated heterocycles. The van der Waals surface area contributed by atoms with E-state index in [4.69, 9.17) is 4.74 Å². The van der Waals surface area contributed by atoms with Crippen LogP contribution in [0.4, 0.5) is 5.00 Å². The van der Waals surface area contributed by atoms with E-state index >= 15 is 0 Å². The van der Waals surface area contributed by atoms with Crippen molar-refractivity contribution in [2.45, 2.75) is 68.9 Å². The van der Waals surface area contributed by atoms with Crippen molar-refractivity contribution in [1.29, 1.82) is 0 Å². The highest BCUT2D eigenvalue weighted by molar-refractivity contribution is 7.99. The highest BCUT2D eigenvalue weighted by Gasteiger charge is 2.27. The van der Waals surface area contributed by atoms with Gasteiger partial charge in [0.25, 0.3) is 0 Å². The number of carbonyl (C=O) groups excluding carboxylic acids is 2. The van der Waals surface area contributed by atoms with Gasteiger partial charge < -0.3 is 14.6 Å². The van der Waals surface area contributed by atoms with E-state index in [2.05, 4.69) is 15.5 Å². The number of carbonyl (C=O) groups is 2. The van der Waals surface area contributed by atoms with Crippen molar-refractivity contribution in [2.24, 2.45) is 7.05 Å². The fraction of sp³-hybridized carbons (Fsp3) is 0.619. The van der Waals surface area contributed by atoms with Crippen LogP contribution >= 0.6 is 23.1 Å². The lowest BCUT2D eigenvalue weighted by molar-refractivity contribution is -0.113. The van der Waals surface area contributed by atoms with Gasteiger partial charge in [-0.15, -0.1) is 21.5 Å². The molecule has 1 saturated carbocycles. The van der Waals surface area contributed by atoms with Gasteiger partial charge in [-0.05, 0) is 44.1 Å². The summed E-state index contributed by atoms with van der Waals surface area (Å²) >= 11 is 2.89. The summed E-state index contributed by atoms with van der Waals surface area (Å²) < 4.78 is 7.00. The summed E-state index contributed by atoms with van der Waals surface area (Å²) in [6.07, 6.45) is 10.1. The molecular formula is C21H28N4O3S2. The van der Waals surface area contributed by atoms with Crippen LogP contribution in [-0.2, 0) is 29.4 Å². The number of aryl methyl sites for hydroxylation is 1. The highest BCUT2D eigenvalue weighted by Crippen LogP contribution is 2.39. The predicted molar refractivity (Wildman–Crippen MR) is 118 cm³/mol. The molecule has 1 fully saturated rings. The number of esters is 1. The molecule has 0 atom stereocenters. The number of rotatable bonds is 6. The maximum Gasteiger partial charge on any atom is 0.341 e. The second-order valence-electron chi connectivity index (χ2n) is 7.98. The average Bonchev–Trinajstić information content (AvgIpc) is 3.32. The Labute approximate surface area is 185 Å². The zero-order valence-corrected chi connectivity index (χ0v) is 19.2. The van der Waals surface area contributed by atoms with Crippen LogP contribution in [0.5, 0.6) is 0 Å². The van der Waals surface area contributed by atoms with Crippen LogP contribution < -0.4 is 5.32 Å². The fourth-order valence-corrected chi connectivity index (χ4v) is 6.44. The molecule has 0 radical (unpaired) electrons. The van der Waals surface area contributed by atoms with Gasteiger partial charge in [-0.25, -0.2) is 4.79 Å².